The first-order valence-electron chi connectivity index (χ1n) is 6.26. The fourth-order valence-electron chi connectivity index (χ4n) is 2.33. The van der Waals surface area contributed by atoms with Crippen molar-refractivity contribution in [2.45, 2.75) is 45.1 Å². The van der Waals surface area contributed by atoms with Gasteiger partial charge in [-0.25, -0.2) is 0 Å². The molecule has 3 nitrogen and oxygen atoms in total. The summed E-state index contributed by atoms with van der Waals surface area (Å²) < 4.78 is 0. The highest BCUT2D eigenvalue weighted by atomic mass is 32.1. The van der Waals surface area contributed by atoms with Crippen LogP contribution in [0.2, 0.25) is 0 Å². The van der Waals surface area contributed by atoms with Crippen LogP contribution < -0.4 is 0 Å². The van der Waals surface area contributed by atoms with Crippen LogP contribution in [0.3, 0.4) is 0 Å². The molecule has 1 aliphatic rings. The first-order chi connectivity index (χ1) is 8.10. The Morgan fingerprint density at radius 2 is 2.12 bits per heavy atom. The number of piperidine rings is 1. The van der Waals surface area contributed by atoms with Crippen LogP contribution in [0, 0.1) is 0 Å². The van der Waals surface area contributed by atoms with Crippen LogP contribution in [-0.4, -0.2) is 34.3 Å². The van der Waals surface area contributed by atoms with E-state index < -0.39 is 0 Å². The lowest BCUT2D eigenvalue weighted by molar-refractivity contribution is -0.129. The molecule has 0 bridgehead atoms. The number of rotatable bonds is 4. The van der Waals surface area contributed by atoms with Crippen molar-refractivity contribution in [3.8, 4) is 0 Å². The Morgan fingerprint density at radius 1 is 1.41 bits per heavy atom. The summed E-state index contributed by atoms with van der Waals surface area (Å²) in [6, 6.07) is 0. The van der Waals surface area contributed by atoms with Crippen LogP contribution in [0.4, 0.5) is 0 Å². The van der Waals surface area contributed by atoms with Crippen LogP contribution in [0.5, 0.6) is 0 Å². The van der Waals surface area contributed by atoms with E-state index in [1.165, 1.54) is 19.3 Å². The monoisotopic (exact) mass is 252 g/mol. The van der Waals surface area contributed by atoms with Gasteiger partial charge in [0.2, 0.25) is 0 Å². The first-order valence-corrected chi connectivity index (χ1v) is 7.14. The average molecular weight is 252 g/mol. The van der Waals surface area contributed by atoms with Crippen LogP contribution >= 0.6 is 11.3 Å². The summed E-state index contributed by atoms with van der Waals surface area (Å²) in [5.41, 5.74) is 1.46. The van der Waals surface area contributed by atoms with Gasteiger partial charge in [0.25, 0.3) is 0 Å². The van der Waals surface area contributed by atoms with E-state index in [0.29, 0.717) is 12.2 Å². The van der Waals surface area contributed by atoms with Gasteiger partial charge in [-0.05, 0) is 39.8 Å². The number of carbonyl (C=O) groups excluding carboxylic acids is 1. The maximum atomic E-state index is 12.4. The molecule has 0 unspecified atom stereocenters. The lowest BCUT2D eigenvalue weighted by atomic mass is 9.91. The fourth-order valence-corrected chi connectivity index (χ4v) is 2.93. The predicted octanol–water partition coefficient (Wildman–Crippen LogP) is 2.52. The first kappa shape index (κ1) is 12.7. The summed E-state index contributed by atoms with van der Waals surface area (Å²) in [5.74, 6) is 0.309. The largest absolute Gasteiger partial charge is 0.297 e. The average Bonchev–Trinajstić information content (AvgIpc) is 2.83. The Balaban J connectivity index is 2.00. The number of thiazole rings is 1. The second-order valence-corrected chi connectivity index (χ2v) is 6.15. The molecule has 0 aliphatic carbocycles. The molecule has 0 saturated carbocycles. The lowest BCUT2D eigenvalue weighted by Gasteiger charge is -2.39. The minimum atomic E-state index is -0.329. The lowest BCUT2D eigenvalue weighted by Crippen LogP contribution is -2.52. The van der Waals surface area contributed by atoms with Gasteiger partial charge in [0.05, 0.1) is 11.0 Å². The topological polar surface area (TPSA) is 33.2 Å². The van der Waals surface area contributed by atoms with E-state index in [1.807, 2.05) is 0 Å². The van der Waals surface area contributed by atoms with Gasteiger partial charge < -0.3 is 0 Å². The van der Waals surface area contributed by atoms with E-state index >= 15 is 0 Å². The highest BCUT2D eigenvalue weighted by molar-refractivity contribution is 7.09. The van der Waals surface area contributed by atoms with Crippen molar-refractivity contribution in [1.29, 1.82) is 0 Å². The van der Waals surface area contributed by atoms with E-state index in [4.69, 9.17) is 0 Å². The summed E-state index contributed by atoms with van der Waals surface area (Å²) in [7, 11) is 0. The van der Waals surface area contributed by atoms with E-state index in [0.717, 1.165) is 18.0 Å². The third-order valence-electron chi connectivity index (χ3n) is 3.65. The summed E-state index contributed by atoms with van der Waals surface area (Å²) in [4.78, 5) is 19.8. The van der Waals surface area contributed by atoms with Crippen LogP contribution in [-0.2, 0) is 11.2 Å². The SMILES string of the molecule is CC(C)(C(=O)Cc1cncs1)N1CCCCC1. The van der Waals surface area contributed by atoms with Gasteiger partial charge >= 0.3 is 0 Å². The van der Waals surface area contributed by atoms with Crippen molar-refractivity contribution in [2.75, 3.05) is 13.1 Å². The Kier molecular flexibility index (Phi) is 3.94. The zero-order chi connectivity index (χ0) is 12.3. The quantitative estimate of drug-likeness (QED) is 0.825. The second kappa shape index (κ2) is 5.27. The van der Waals surface area contributed by atoms with E-state index in [1.54, 1.807) is 23.0 Å². The third-order valence-corrected chi connectivity index (χ3v) is 4.43. The van der Waals surface area contributed by atoms with Crippen molar-refractivity contribution in [2.24, 2.45) is 0 Å². The number of aromatic nitrogens is 1. The van der Waals surface area contributed by atoms with E-state index in [-0.39, 0.29) is 5.54 Å². The van der Waals surface area contributed by atoms with Gasteiger partial charge in [0.1, 0.15) is 0 Å². The molecule has 1 fully saturated rings. The smallest absolute Gasteiger partial charge is 0.157 e. The molecule has 1 aliphatic heterocycles. The predicted molar refractivity (Wildman–Crippen MR) is 70.3 cm³/mol. The van der Waals surface area contributed by atoms with Crippen molar-refractivity contribution in [3.05, 3.63) is 16.6 Å². The molecule has 1 aromatic rings. The number of hydrogen-bond acceptors (Lipinski definition) is 4. The molecule has 94 valence electrons. The maximum absolute atomic E-state index is 12.4. The zero-order valence-electron chi connectivity index (χ0n) is 10.6. The van der Waals surface area contributed by atoms with Gasteiger partial charge in [0, 0.05) is 17.5 Å². The summed E-state index contributed by atoms with van der Waals surface area (Å²) >= 11 is 1.56. The second-order valence-electron chi connectivity index (χ2n) is 5.17. The highest BCUT2D eigenvalue weighted by Gasteiger charge is 2.34. The molecule has 1 aromatic heterocycles. The standard InChI is InChI=1S/C13H20N2OS/c1-13(2,15-6-4-3-5-7-15)12(16)8-11-9-14-10-17-11/h9-10H,3-8H2,1-2H3. The number of ketones is 1. The Hall–Kier alpha value is -0.740. The van der Waals surface area contributed by atoms with Crippen LogP contribution in [0.15, 0.2) is 11.7 Å². The number of likely N-dealkylation sites (tertiary alicyclic amines) is 1. The normalized spacial score (nSPS) is 18.2. The highest BCUT2D eigenvalue weighted by Crippen LogP contribution is 2.23. The van der Waals surface area contributed by atoms with E-state index in [2.05, 4.69) is 23.7 Å². The third kappa shape index (κ3) is 2.93. The van der Waals surface area contributed by atoms with Gasteiger partial charge in [0.15, 0.2) is 5.78 Å². The number of carbonyl (C=O) groups is 1. The number of hydrogen-bond donors (Lipinski definition) is 0. The molecule has 2 heterocycles. The maximum Gasteiger partial charge on any atom is 0.157 e. The summed E-state index contributed by atoms with van der Waals surface area (Å²) in [6.45, 7) is 6.23. The molecular weight excluding hydrogens is 232 g/mol. The van der Waals surface area contributed by atoms with Crippen molar-refractivity contribution < 1.29 is 4.79 Å². The van der Waals surface area contributed by atoms with E-state index in [9.17, 15) is 4.79 Å². The van der Waals surface area contributed by atoms with Gasteiger partial charge in [-0.15, -0.1) is 11.3 Å². The van der Waals surface area contributed by atoms with Gasteiger partial charge in [-0.1, -0.05) is 6.42 Å². The molecular formula is C13H20N2OS. The van der Waals surface area contributed by atoms with Gasteiger partial charge in [-0.2, -0.15) is 0 Å². The van der Waals surface area contributed by atoms with Crippen LogP contribution in [0.1, 0.15) is 38.0 Å². The van der Waals surface area contributed by atoms with Crippen LogP contribution in [0.25, 0.3) is 0 Å². The molecule has 0 N–H and O–H groups in total. The number of Topliss-reactive ketones (excluding diaryl/α,β-unsaturated/α-hetero) is 1. The molecule has 17 heavy (non-hydrogen) atoms. The molecule has 0 amide bonds. The molecule has 0 radical (unpaired) electrons. The van der Waals surface area contributed by atoms with Crippen molar-refractivity contribution in [1.82, 2.24) is 9.88 Å². The molecule has 2 rings (SSSR count). The molecule has 0 aromatic carbocycles. The van der Waals surface area contributed by atoms with Crippen molar-refractivity contribution >= 4 is 17.1 Å². The Labute approximate surface area is 107 Å². The summed E-state index contributed by atoms with van der Waals surface area (Å²) in [6.07, 6.45) is 6.06. The minimum Gasteiger partial charge on any atom is -0.297 e. The van der Waals surface area contributed by atoms with Gasteiger partial charge in [-0.3, -0.25) is 14.7 Å². The molecule has 0 spiro atoms. The number of nitrogens with zero attached hydrogens (tertiary/aromatic N) is 2. The Bertz CT molecular complexity index is 367. The fraction of sp³-hybridized carbons (Fsp3) is 0.692. The molecule has 0 atom stereocenters. The summed E-state index contributed by atoms with van der Waals surface area (Å²) in [5, 5.41) is 0. The molecule has 1 saturated heterocycles. The van der Waals surface area contributed by atoms with Crippen molar-refractivity contribution in [3.63, 3.8) is 0 Å². The Morgan fingerprint density at radius 3 is 2.71 bits per heavy atom. The zero-order valence-corrected chi connectivity index (χ0v) is 11.4. The minimum absolute atomic E-state index is 0.309. The molecule has 4 heteroatoms.